The number of thiol groups is 1. The average Bonchev–Trinajstić information content (AvgIpc) is 2.26. The molecule has 0 bridgehead atoms. The van der Waals surface area contributed by atoms with E-state index in [0.29, 0.717) is 23.4 Å². The summed E-state index contributed by atoms with van der Waals surface area (Å²) in [5.74, 6) is 0.446. The summed E-state index contributed by atoms with van der Waals surface area (Å²) in [6.07, 6.45) is 0.574. The van der Waals surface area contributed by atoms with Gasteiger partial charge in [-0.3, -0.25) is 14.9 Å². The number of aryl methyl sites for hydroxylation is 1. The van der Waals surface area contributed by atoms with Crippen molar-refractivity contribution in [2.45, 2.75) is 13.3 Å². The molecule has 0 fully saturated rings. The largest absolute Gasteiger partial charge is 0.326 e. The second-order valence-corrected chi connectivity index (χ2v) is 4.81. The summed E-state index contributed by atoms with van der Waals surface area (Å²) in [6.45, 7) is 1.36. The van der Waals surface area contributed by atoms with Gasteiger partial charge in [0.1, 0.15) is 0 Å². The van der Waals surface area contributed by atoms with E-state index in [0.717, 1.165) is 0 Å². The first-order chi connectivity index (χ1) is 8.04. The monoisotopic (exact) mass is 272 g/mol. The molecule has 0 aliphatic rings. The standard InChI is InChI=1S/C10H12N2O3S2/c1-7(13)11-9-3-2-8(4-5-17-16)10(6-9)12(14)15/h2-3,6,16H,4-5H2,1H3,(H,11,13). The van der Waals surface area contributed by atoms with E-state index in [4.69, 9.17) is 0 Å². The molecule has 5 nitrogen and oxygen atoms in total. The zero-order valence-corrected chi connectivity index (χ0v) is 10.9. The molecule has 1 rings (SSSR count). The van der Waals surface area contributed by atoms with Crippen molar-refractivity contribution in [2.24, 2.45) is 0 Å². The fourth-order valence-electron chi connectivity index (χ4n) is 1.38. The SMILES string of the molecule is CC(=O)Nc1ccc(CCSS)c([N+](=O)[O-])c1. The van der Waals surface area contributed by atoms with Crippen LogP contribution in [0.2, 0.25) is 0 Å². The Morgan fingerprint density at radius 2 is 2.29 bits per heavy atom. The average molecular weight is 272 g/mol. The van der Waals surface area contributed by atoms with E-state index >= 15 is 0 Å². The van der Waals surface area contributed by atoms with Crippen molar-refractivity contribution >= 4 is 39.7 Å². The molecule has 0 heterocycles. The maximum Gasteiger partial charge on any atom is 0.274 e. The van der Waals surface area contributed by atoms with Crippen molar-refractivity contribution < 1.29 is 9.72 Å². The first kappa shape index (κ1) is 13.9. The fourth-order valence-corrected chi connectivity index (χ4v) is 1.97. The van der Waals surface area contributed by atoms with E-state index < -0.39 is 4.92 Å². The Labute approximate surface area is 108 Å². The summed E-state index contributed by atoms with van der Waals surface area (Å²) >= 11 is 3.99. The summed E-state index contributed by atoms with van der Waals surface area (Å²) in [4.78, 5) is 21.3. The van der Waals surface area contributed by atoms with Crippen LogP contribution in [0.15, 0.2) is 18.2 Å². The summed E-state index contributed by atoms with van der Waals surface area (Å²) in [5.41, 5.74) is 1.11. The lowest BCUT2D eigenvalue weighted by atomic mass is 10.1. The Balaban J connectivity index is 2.99. The van der Waals surface area contributed by atoms with Crippen LogP contribution < -0.4 is 5.32 Å². The molecule has 0 spiro atoms. The number of nitrogens with zero attached hydrogens (tertiary/aromatic N) is 1. The summed E-state index contributed by atoms with van der Waals surface area (Å²) in [7, 11) is 1.33. The fraction of sp³-hybridized carbons (Fsp3) is 0.300. The van der Waals surface area contributed by atoms with Gasteiger partial charge < -0.3 is 5.32 Å². The highest BCUT2D eigenvalue weighted by atomic mass is 33.1. The number of nitrogens with one attached hydrogen (secondary N) is 1. The van der Waals surface area contributed by atoms with E-state index in [2.05, 4.69) is 17.0 Å². The second kappa shape index (κ2) is 6.51. The van der Waals surface area contributed by atoms with Crippen LogP contribution in [-0.4, -0.2) is 16.6 Å². The minimum atomic E-state index is -0.441. The van der Waals surface area contributed by atoms with Gasteiger partial charge in [-0.25, -0.2) is 0 Å². The number of nitro benzene ring substituents is 1. The number of hydrogen-bond donors (Lipinski definition) is 2. The van der Waals surface area contributed by atoms with Gasteiger partial charge in [0.15, 0.2) is 0 Å². The topological polar surface area (TPSA) is 72.2 Å². The van der Waals surface area contributed by atoms with Gasteiger partial charge >= 0.3 is 0 Å². The van der Waals surface area contributed by atoms with Gasteiger partial charge in [-0.15, -0.1) is 11.7 Å². The van der Waals surface area contributed by atoms with Crippen molar-refractivity contribution in [2.75, 3.05) is 11.1 Å². The van der Waals surface area contributed by atoms with Crippen molar-refractivity contribution in [3.05, 3.63) is 33.9 Å². The van der Waals surface area contributed by atoms with Gasteiger partial charge in [0.05, 0.1) is 4.92 Å². The summed E-state index contributed by atoms with van der Waals surface area (Å²) in [5, 5.41) is 13.4. The number of carbonyl (C=O) groups excluding carboxylic acids is 1. The molecular weight excluding hydrogens is 260 g/mol. The van der Waals surface area contributed by atoms with Crippen LogP contribution in [-0.2, 0) is 11.2 Å². The number of nitro groups is 1. The smallest absolute Gasteiger partial charge is 0.274 e. The minimum Gasteiger partial charge on any atom is -0.326 e. The molecule has 1 aromatic carbocycles. The molecule has 1 N–H and O–H groups in total. The first-order valence-corrected chi connectivity index (χ1v) is 6.89. The molecule has 17 heavy (non-hydrogen) atoms. The van der Waals surface area contributed by atoms with E-state index in [1.54, 1.807) is 12.1 Å². The van der Waals surface area contributed by atoms with Crippen molar-refractivity contribution in [1.29, 1.82) is 0 Å². The zero-order valence-electron chi connectivity index (χ0n) is 9.17. The Hall–Kier alpha value is -1.21. The number of carbonyl (C=O) groups is 1. The van der Waals surface area contributed by atoms with E-state index in [9.17, 15) is 14.9 Å². The summed E-state index contributed by atoms with van der Waals surface area (Å²) < 4.78 is 0. The number of benzene rings is 1. The zero-order chi connectivity index (χ0) is 12.8. The van der Waals surface area contributed by atoms with Crippen molar-refractivity contribution in [3.8, 4) is 0 Å². The molecule has 0 saturated heterocycles. The minimum absolute atomic E-state index is 0.0265. The third-order valence-electron chi connectivity index (χ3n) is 2.07. The van der Waals surface area contributed by atoms with Crippen LogP contribution in [0.3, 0.4) is 0 Å². The molecule has 0 aliphatic heterocycles. The highest BCUT2D eigenvalue weighted by Gasteiger charge is 2.14. The van der Waals surface area contributed by atoms with Gasteiger partial charge in [0.25, 0.3) is 5.69 Å². The number of amides is 1. The summed E-state index contributed by atoms with van der Waals surface area (Å²) in [6, 6.07) is 4.69. The van der Waals surface area contributed by atoms with Crippen molar-refractivity contribution in [3.63, 3.8) is 0 Å². The molecular formula is C10H12N2O3S2. The van der Waals surface area contributed by atoms with Gasteiger partial charge in [0.2, 0.25) is 5.91 Å². The van der Waals surface area contributed by atoms with Crippen LogP contribution in [0.25, 0.3) is 0 Å². The maximum absolute atomic E-state index is 10.9. The Morgan fingerprint density at radius 3 is 2.82 bits per heavy atom. The Kier molecular flexibility index (Phi) is 5.30. The molecule has 7 heteroatoms. The predicted molar refractivity (Wildman–Crippen MR) is 72.5 cm³/mol. The Bertz CT molecular complexity index is 438. The quantitative estimate of drug-likeness (QED) is 0.374. The number of rotatable bonds is 5. The van der Waals surface area contributed by atoms with Crippen LogP contribution in [0.5, 0.6) is 0 Å². The molecule has 0 atom stereocenters. The highest BCUT2D eigenvalue weighted by Crippen LogP contribution is 2.25. The van der Waals surface area contributed by atoms with Crippen LogP contribution >= 0.6 is 22.5 Å². The molecule has 0 unspecified atom stereocenters. The molecule has 92 valence electrons. The normalized spacial score (nSPS) is 10.0. The van der Waals surface area contributed by atoms with Crippen LogP contribution in [0.1, 0.15) is 12.5 Å². The predicted octanol–water partition coefficient (Wildman–Crippen LogP) is 2.67. The number of hydrogen-bond acceptors (Lipinski definition) is 5. The second-order valence-electron chi connectivity index (χ2n) is 3.37. The lowest BCUT2D eigenvalue weighted by molar-refractivity contribution is -0.385. The van der Waals surface area contributed by atoms with E-state index in [1.165, 1.54) is 23.8 Å². The van der Waals surface area contributed by atoms with E-state index in [-0.39, 0.29) is 11.6 Å². The number of anilines is 1. The van der Waals surface area contributed by atoms with Crippen LogP contribution in [0, 0.1) is 10.1 Å². The first-order valence-electron chi connectivity index (χ1n) is 4.86. The Morgan fingerprint density at radius 1 is 1.59 bits per heavy atom. The highest BCUT2D eigenvalue weighted by molar-refractivity contribution is 8.68. The molecule has 0 aromatic heterocycles. The lowest BCUT2D eigenvalue weighted by Crippen LogP contribution is -2.07. The molecule has 0 saturated carbocycles. The van der Waals surface area contributed by atoms with Gasteiger partial charge in [-0.2, -0.15) is 0 Å². The molecule has 0 aliphatic carbocycles. The lowest BCUT2D eigenvalue weighted by Gasteiger charge is -2.05. The molecule has 1 amide bonds. The van der Waals surface area contributed by atoms with Gasteiger partial charge in [-0.1, -0.05) is 16.9 Å². The van der Waals surface area contributed by atoms with Gasteiger partial charge in [-0.05, 0) is 12.5 Å². The maximum atomic E-state index is 10.9. The third-order valence-corrected chi connectivity index (χ3v) is 3.00. The van der Waals surface area contributed by atoms with E-state index in [1.807, 2.05) is 0 Å². The van der Waals surface area contributed by atoms with Crippen molar-refractivity contribution in [1.82, 2.24) is 0 Å². The third kappa shape index (κ3) is 4.27. The molecule has 1 aromatic rings. The molecule has 0 radical (unpaired) electrons. The van der Waals surface area contributed by atoms with Crippen LogP contribution in [0.4, 0.5) is 11.4 Å². The van der Waals surface area contributed by atoms with Gasteiger partial charge in [0, 0.05) is 30.0 Å².